The van der Waals surface area contributed by atoms with Crippen LogP contribution in [0.3, 0.4) is 0 Å². The Morgan fingerprint density at radius 3 is 2.89 bits per heavy atom. The highest BCUT2D eigenvalue weighted by molar-refractivity contribution is 9.10. The van der Waals surface area contributed by atoms with E-state index in [2.05, 4.69) is 51.6 Å². The maximum Gasteiger partial charge on any atom is 0.0868 e. The Balaban J connectivity index is 2.47. The van der Waals surface area contributed by atoms with Crippen molar-refractivity contribution in [3.05, 3.63) is 37.7 Å². The van der Waals surface area contributed by atoms with Crippen molar-refractivity contribution in [2.45, 2.75) is 26.4 Å². The van der Waals surface area contributed by atoms with Crippen molar-refractivity contribution in [1.29, 1.82) is 0 Å². The first-order valence-corrected chi connectivity index (χ1v) is 7.91. The van der Waals surface area contributed by atoms with Crippen LogP contribution >= 0.6 is 38.9 Å². The van der Waals surface area contributed by atoms with Crippen molar-refractivity contribution in [1.82, 2.24) is 15.1 Å². The SMILES string of the molecule is CCNC(c1sccc1Br)c1c(Cl)cnn1CC. The molecule has 1 unspecified atom stereocenters. The number of halogens is 2. The number of rotatable bonds is 5. The summed E-state index contributed by atoms with van der Waals surface area (Å²) in [6.07, 6.45) is 1.71. The van der Waals surface area contributed by atoms with Gasteiger partial charge in [-0.1, -0.05) is 18.5 Å². The number of nitrogens with one attached hydrogen (secondary N) is 1. The third kappa shape index (κ3) is 2.64. The van der Waals surface area contributed by atoms with Crippen molar-refractivity contribution in [3.63, 3.8) is 0 Å². The third-order valence-electron chi connectivity index (χ3n) is 2.72. The molecule has 1 N–H and O–H groups in total. The van der Waals surface area contributed by atoms with Crippen LogP contribution < -0.4 is 5.32 Å². The molecule has 0 saturated heterocycles. The zero-order chi connectivity index (χ0) is 13.1. The maximum atomic E-state index is 6.29. The number of hydrogen-bond donors (Lipinski definition) is 1. The van der Waals surface area contributed by atoms with E-state index in [0.29, 0.717) is 5.02 Å². The van der Waals surface area contributed by atoms with Gasteiger partial charge in [0.1, 0.15) is 0 Å². The van der Waals surface area contributed by atoms with E-state index in [0.717, 1.165) is 23.3 Å². The minimum Gasteiger partial charge on any atom is -0.305 e. The van der Waals surface area contributed by atoms with E-state index in [9.17, 15) is 0 Å². The summed E-state index contributed by atoms with van der Waals surface area (Å²) in [5.41, 5.74) is 1.03. The summed E-state index contributed by atoms with van der Waals surface area (Å²) in [6.45, 7) is 5.85. The first kappa shape index (κ1) is 14.1. The van der Waals surface area contributed by atoms with Crippen LogP contribution in [0.5, 0.6) is 0 Å². The smallest absolute Gasteiger partial charge is 0.0868 e. The summed E-state index contributed by atoms with van der Waals surface area (Å²) in [5, 5.41) is 10.6. The Morgan fingerprint density at radius 1 is 1.56 bits per heavy atom. The van der Waals surface area contributed by atoms with Gasteiger partial charge in [0.2, 0.25) is 0 Å². The molecule has 0 amide bonds. The zero-order valence-corrected chi connectivity index (χ0v) is 13.4. The summed E-state index contributed by atoms with van der Waals surface area (Å²) in [7, 11) is 0. The summed E-state index contributed by atoms with van der Waals surface area (Å²) < 4.78 is 3.06. The molecule has 3 nitrogen and oxygen atoms in total. The largest absolute Gasteiger partial charge is 0.305 e. The van der Waals surface area contributed by atoms with Crippen molar-refractivity contribution in [2.24, 2.45) is 0 Å². The molecule has 1 atom stereocenters. The van der Waals surface area contributed by atoms with Crippen LogP contribution in [0.1, 0.15) is 30.5 Å². The van der Waals surface area contributed by atoms with Crippen molar-refractivity contribution < 1.29 is 0 Å². The van der Waals surface area contributed by atoms with Crippen LogP contribution in [0.4, 0.5) is 0 Å². The normalized spacial score (nSPS) is 12.9. The van der Waals surface area contributed by atoms with Crippen LogP contribution in [0.15, 0.2) is 22.1 Å². The first-order valence-electron chi connectivity index (χ1n) is 5.86. The number of nitrogens with zero attached hydrogens (tertiary/aromatic N) is 2. The molecule has 0 saturated carbocycles. The van der Waals surface area contributed by atoms with Crippen LogP contribution in [0, 0.1) is 0 Å². The molecule has 0 bridgehead atoms. The van der Waals surface area contributed by atoms with Crippen molar-refractivity contribution in [2.75, 3.05) is 6.54 Å². The Morgan fingerprint density at radius 2 is 2.33 bits per heavy atom. The van der Waals surface area contributed by atoms with Crippen LogP contribution in [-0.4, -0.2) is 16.3 Å². The monoisotopic (exact) mass is 347 g/mol. The molecule has 0 fully saturated rings. The van der Waals surface area contributed by atoms with Crippen molar-refractivity contribution >= 4 is 38.9 Å². The van der Waals surface area contributed by atoms with Gasteiger partial charge in [0, 0.05) is 15.9 Å². The molecule has 6 heteroatoms. The molecule has 0 aromatic carbocycles. The fourth-order valence-corrected chi connectivity index (χ4v) is 3.87. The lowest BCUT2D eigenvalue weighted by molar-refractivity contribution is 0.546. The molecule has 2 aromatic heterocycles. The minimum absolute atomic E-state index is 0.0827. The predicted molar refractivity (Wildman–Crippen MR) is 80.4 cm³/mol. The van der Waals surface area contributed by atoms with Crippen molar-refractivity contribution in [3.8, 4) is 0 Å². The lowest BCUT2D eigenvalue weighted by Crippen LogP contribution is -2.24. The second kappa shape index (κ2) is 6.19. The minimum atomic E-state index is 0.0827. The van der Waals surface area contributed by atoms with Gasteiger partial charge in [-0.3, -0.25) is 4.68 Å². The quantitative estimate of drug-likeness (QED) is 0.882. The van der Waals surface area contributed by atoms with Gasteiger partial charge in [-0.2, -0.15) is 5.10 Å². The fraction of sp³-hybridized carbons (Fsp3) is 0.417. The van der Waals surface area contributed by atoms with Crippen LogP contribution in [0.2, 0.25) is 5.02 Å². The lowest BCUT2D eigenvalue weighted by Gasteiger charge is -2.19. The first-order chi connectivity index (χ1) is 8.69. The molecule has 98 valence electrons. The summed E-state index contributed by atoms with van der Waals surface area (Å²) >= 11 is 11.6. The number of thiophene rings is 1. The molecule has 18 heavy (non-hydrogen) atoms. The molecular formula is C12H15BrClN3S. The molecule has 2 aromatic rings. The Labute approximate surface area is 124 Å². The highest BCUT2D eigenvalue weighted by Crippen LogP contribution is 2.35. The highest BCUT2D eigenvalue weighted by atomic mass is 79.9. The highest BCUT2D eigenvalue weighted by Gasteiger charge is 2.23. The maximum absolute atomic E-state index is 6.29. The van der Waals surface area contributed by atoms with Gasteiger partial charge in [0.05, 0.1) is 23.0 Å². The van der Waals surface area contributed by atoms with Crippen LogP contribution in [-0.2, 0) is 6.54 Å². The molecule has 0 aliphatic carbocycles. The van der Waals surface area contributed by atoms with Gasteiger partial charge in [0.15, 0.2) is 0 Å². The predicted octanol–water partition coefficient (Wildman–Crippen LogP) is 4.08. The average molecular weight is 349 g/mol. The number of aromatic nitrogens is 2. The third-order valence-corrected chi connectivity index (χ3v) is 4.95. The molecule has 0 aliphatic rings. The van der Waals surface area contributed by atoms with Gasteiger partial charge in [-0.15, -0.1) is 11.3 Å². The molecule has 2 heterocycles. The average Bonchev–Trinajstić information content (AvgIpc) is 2.93. The Kier molecular flexibility index (Phi) is 4.84. The van der Waals surface area contributed by atoms with Gasteiger partial charge < -0.3 is 5.32 Å². The van der Waals surface area contributed by atoms with Crippen LogP contribution in [0.25, 0.3) is 0 Å². The summed E-state index contributed by atoms with van der Waals surface area (Å²) in [6, 6.07) is 2.14. The van der Waals surface area contributed by atoms with E-state index in [1.807, 2.05) is 4.68 Å². The standard InChI is InChI=1S/C12H15BrClN3S/c1-3-15-10(12-8(13)5-6-18-12)11-9(14)7-16-17(11)4-2/h5-7,10,15H,3-4H2,1-2H3. The van der Waals surface area contributed by atoms with E-state index in [1.54, 1.807) is 17.5 Å². The van der Waals surface area contributed by atoms with Gasteiger partial charge in [-0.25, -0.2) is 0 Å². The van der Waals surface area contributed by atoms with E-state index < -0.39 is 0 Å². The van der Waals surface area contributed by atoms with E-state index in [4.69, 9.17) is 11.6 Å². The van der Waals surface area contributed by atoms with Gasteiger partial charge >= 0.3 is 0 Å². The van der Waals surface area contributed by atoms with Gasteiger partial charge in [0.25, 0.3) is 0 Å². The zero-order valence-electron chi connectivity index (χ0n) is 10.3. The molecule has 0 spiro atoms. The molecule has 2 rings (SSSR count). The van der Waals surface area contributed by atoms with Gasteiger partial charge in [-0.05, 0) is 40.8 Å². The number of aryl methyl sites for hydroxylation is 1. The molecule has 0 radical (unpaired) electrons. The fourth-order valence-electron chi connectivity index (χ4n) is 1.94. The second-order valence-corrected chi connectivity index (χ2v) is 6.03. The summed E-state index contributed by atoms with van der Waals surface area (Å²) in [5.74, 6) is 0. The summed E-state index contributed by atoms with van der Waals surface area (Å²) in [4.78, 5) is 1.23. The molecular weight excluding hydrogens is 334 g/mol. The van der Waals surface area contributed by atoms with E-state index in [1.165, 1.54) is 4.88 Å². The topological polar surface area (TPSA) is 29.9 Å². The second-order valence-electron chi connectivity index (χ2n) is 3.82. The lowest BCUT2D eigenvalue weighted by atomic mass is 10.1. The Hall–Kier alpha value is -0.360. The van der Waals surface area contributed by atoms with E-state index >= 15 is 0 Å². The van der Waals surface area contributed by atoms with E-state index in [-0.39, 0.29) is 6.04 Å². The number of hydrogen-bond acceptors (Lipinski definition) is 3. The molecule has 0 aliphatic heterocycles. The Bertz CT molecular complexity index is 523.